The van der Waals surface area contributed by atoms with Crippen molar-refractivity contribution < 1.29 is 40.1 Å². The first-order valence-electron chi connectivity index (χ1n) is 8.11. The normalized spacial score (nSPS) is 44.6. The highest BCUT2D eigenvalue weighted by Gasteiger charge is 2.43. The Morgan fingerprint density at radius 2 is 1.39 bits per heavy atom. The summed E-state index contributed by atoms with van der Waals surface area (Å²) in [6.07, 6.45) is -4.30. The fourth-order valence-corrected chi connectivity index (χ4v) is 3.57. The van der Waals surface area contributed by atoms with Gasteiger partial charge in [-0.15, -0.1) is 0 Å². The average Bonchev–Trinajstić information content (AvgIpc) is 2.97. The lowest BCUT2D eigenvalue weighted by Gasteiger charge is -2.40. The van der Waals surface area contributed by atoms with Gasteiger partial charge < -0.3 is 40.1 Å². The van der Waals surface area contributed by atoms with E-state index in [4.69, 9.17) is 14.6 Å². The average molecular weight is 336 g/mol. The Morgan fingerprint density at radius 1 is 0.739 bits per heavy atom. The Hall–Kier alpha value is -0.320. The van der Waals surface area contributed by atoms with Gasteiger partial charge in [-0.25, -0.2) is 0 Å². The summed E-state index contributed by atoms with van der Waals surface area (Å²) >= 11 is 0. The van der Waals surface area contributed by atoms with Crippen LogP contribution in [0.4, 0.5) is 0 Å². The third-order valence-corrected chi connectivity index (χ3v) is 5.04. The molecule has 1 saturated carbocycles. The van der Waals surface area contributed by atoms with Crippen molar-refractivity contribution in [1.29, 1.82) is 0 Å². The molecule has 1 heterocycles. The molecule has 1 aliphatic heterocycles. The zero-order valence-electron chi connectivity index (χ0n) is 13.1. The molecule has 0 bridgehead atoms. The summed E-state index contributed by atoms with van der Waals surface area (Å²) in [5, 5.41) is 57.1. The van der Waals surface area contributed by atoms with Crippen LogP contribution >= 0.6 is 0 Å². The van der Waals surface area contributed by atoms with Gasteiger partial charge in [-0.1, -0.05) is 0 Å². The Balaban J connectivity index is 1.81. The van der Waals surface area contributed by atoms with Crippen LogP contribution in [0.3, 0.4) is 0 Å². The molecule has 136 valence electrons. The van der Waals surface area contributed by atoms with Gasteiger partial charge in [-0.3, -0.25) is 0 Å². The fraction of sp³-hybridized carbons (Fsp3) is 1.00. The maximum atomic E-state index is 9.92. The Morgan fingerprint density at radius 3 is 2.00 bits per heavy atom. The molecule has 6 N–H and O–H groups in total. The highest BCUT2D eigenvalue weighted by molar-refractivity contribution is 4.92. The van der Waals surface area contributed by atoms with Crippen molar-refractivity contribution in [3.05, 3.63) is 0 Å². The monoisotopic (exact) mass is 336 g/mol. The van der Waals surface area contributed by atoms with E-state index in [1.54, 1.807) is 0 Å². The summed E-state index contributed by atoms with van der Waals surface area (Å²) in [7, 11) is 0. The van der Waals surface area contributed by atoms with Crippen LogP contribution in [0.15, 0.2) is 0 Å². The minimum Gasteiger partial charge on any atom is -0.396 e. The standard InChI is InChI=1S/C15H28O8/c16-3-8-1-9(4-17)10(2-8)6-22-7-12-14(20)15(21)13(19)11(5-18)23-12/h8-21H,1-7H2/t8-,9?,10-,11?,12?,13?,14?,15?/m1/s1. The largest absolute Gasteiger partial charge is 0.396 e. The molecule has 0 aromatic heterocycles. The zero-order valence-corrected chi connectivity index (χ0v) is 13.1. The van der Waals surface area contributed by atoms with Crippen molar-refractivity contribution in [3.63, 3.8) is 0 Å². The second-order valence-electron chi connectivity index (χ2n) is 6.63. The van der Waals surface area contributed by atoms with Crippen molar-refractivity contribution in [1.82, 2.24) is 0 Å². The second kappa shape index (κ2) is 8.68. The summed E-state index contributed by atoms with van der Waals surface area (Å²) in [6.45, 7) is 0.0513. The maximum Gasteiger partial charge on any atom is 0.111 e. The Labute approximate surface area is 135 Å². The molecule has 1 aliphatic carbocycles. The number of hydrogen-bond acceptors (Lipinski definition) is 8. The second-order valence-corrected chi connectivity index (χ2v) is 6.63. The maximum absolute atomic E-state index is 9.92. The van der Waals surface area contributed by atoms with Crippen molar-refractivity contribution >= 4 is 0 Å². The number of ether oxygens (including phenoxy) is 2. The lowest BCUT2D eigenvalue weighted by molar-refractivity contribution is -0.239. The smallest absolute Gasteiger partial charge is 0.111 e. The first-order chi connectivity index (χ1) is 11.0. The van der Waals surface area contributed by atoms with Crippen LogP contribution in [-0.4, -0.2) is 94.2 Å². The first kappa shape index (κ1) is 19.0. The van der Waals surface area contributed by atoms with Crippen molar-refractivity contribution in [2.24, 2.45) is 17.8 Å². The topological polar surface area (TPSA) is 140 Å². The molecule has 6 unspecified atom stereocenters. The Kier molecular flexibility index (Phi) is 7.18. The minimum atomic E-state index is -1.40. The predicted octanol–water partition coefficient (Wildman–Crippen LogP) is -2.53. The van der Waals surface area contributed by atoms with Crippen molar-refractivity contribution in [2.75, 3.05) is 33.0 Å². The molecule has 0 spiro atoms. The van der Waals surface area contributed by atoms with Gasteiger partial charge in [0.2, 0.25) is 0 Å². The fourth-order valence-electron chi connectivity index (χ4n) is 3.57. The molecule has 0 amide bonds. The van der Waals surface area contributed by atoms with Crippen LogP contribution in [0.25, 0.3) is 0 Å². The lowest BCUT2D eigenvalue weighted by atomic mass is 9.95. The van der Waals surface area contributed by atoms with Gasteiger partial charge in [0.05, 0.1) is 13.2 Å². The number of hydrogen-bond donors (Lipinski definition) is 6. The summed E-state index contributed by atoms with van der Waals surface area (Å²) in [5.41, 5.74) is 0. The summed E-state index contributed by atoms with van der Waals surface area (Å²) in [4.78, 5) is 0. The number of aliphatic hydroxyl groups is 6. The quantitative estimate of drug-likeness (QED) is 0.299. The third-order valence-electron chi connectivity index (χ3n) is 5.04. The molecule has 8 atom stereocenters. The minimum absolute atomic E-state index is 0.0138. The van der Waals surface area contributed by atoms with Gasteiger partial charge in [0, 0.05) is 19.8 Å². The van der Waals surface area contributed by atoms with E-state index in [-0.39, 0.29) is 37.6 Å². The van der Waals surface area contributed by atoms with Crippen LogP contribution in [0.5, 0.6) is 0 Å². The van der Waals surface area contributed by atoms with Gasteiger partial charge in [-0.05, 0) is 30.6 Å². The molecular formula is C15H28O8. The van der Waals surface area contributed by atoms with Gasteiger partial charge in [0.15, 0.2) is 0 Å². The van der Waals surface area contributed by atoms with E-state index in [0.717, 1.165) is 12.8 Å². The van der Waals surface area contributed by atoms with E-state index in [2.05, 4.69) is 0 Å². The van der Waals surface area contributed by atoms with E-state index >= 15 is 0 Å². The zero-order chi connectivity index (χ0) is 17.0. The lowest BCUT2D eigenvalue weighted by Crippen LogP contribution is -2.59. The summed E-state index contributed by atoms with van der Waals surface area (Å²) < 4.78 is 10.9. The van der Waals surface area contributed by atoms with E-state index in [9.17, 15) is 25.5 Å². The molecule has 8 nitrogen and oxygen atoms in total. The van der Waals surface area contributed by atoms with E-state index < -0.39 is 37.1 Å². The van der Waals surface area contributed by atoms with Crippen LogP contribution < -0.4 is 0 Å². The SMILES string of the molecule is OCC1OC(COC[C@H]2C[C@H](CO)CC2CO)C(O)C(O)C1O. The van der Waals surface area contributed by atoms with Crippen molar-refractivity contribution in [2.45, 2.75) is 43.4 Å². The molecule has 8 heteroatoms. The van der Waals surface area contributed by atoms with Crippen LogP contribution in [0, 0.1) is 17.8 Å². The predicted molar refractivity (Wildman–Crippen MR) is 78.5 cm³/mol. The van der Waals surface area contributed by atoms with Crippen LogP contribution in [0.2, 0.25) is 0 Å². The van der Waals surface area contributed by atoms with Gasteiger partial charge in [0.1, 0.15) is 30.5 Å². The van der Waals surface area contributed by atoms with Crippen molar-refractivity contribution in [3.8, 4) is 0 Å². The molecule has 0 aromatic rings. The summed E-state index contributed by atoms with van der Waals surface area (Å²) in [5.74, 6) is 0.386. The Bertz CT molecular complexity index is 352. The summed E-state index contributed by atoms with van der Waals surface area (Å²) in [6, 6.07) is 0. The molecule has 2 aliphatic rings. The molecular weight excluding hydrogens is 308 g/mol. The van der Waals surface area contributed by atoms with Crippen LogP contribution in [-0.2, 0) is 9.47 Å². The molecule has 1 saturated heterocycles. The number of aliphatic hydroxyl groups excluding tert-OH is 6. The molecule has 23 heavy (non-hydrogen) atoms. The molecule has 0 aromatic carbocycles. The van der Waals surface area contributed by atoms with E-state index in [1.807, 2.05) is 0 Å². The van der Waals surface area contributed by atoms with Gasteiger partial charge in [-0.2, -0.15) is 0 Å². The van der Waals surface area contributed by atoms with Gasteiger partial charge in [0.25, 0.3) is 0 Å². The van der Waals surface area contributed by atoms with Gasteiger partial charge >= 0.3 is 0 Å². The van der Waals surface area contributed by atoms with E-state index in [0.29, 0.717) is 6.61 Å². The highest BCUT2D eigenvalue weighted by atomic mass is 16.6. The molecule has 2 rings (SSSR count). The van der Waals surface area contributed by atoms with E-state index in [1.165, 1.54) is 0 Å². The van der Waals surface area contributed by atoms with Crippen LogP contribution in [0.1, 0.15) is 12.8 Å². The molecule has 0 radical (unpaired) electrons. The number of rotatable bonds is 7. The first-order valence-corrected chi connectivity index (χ1v) is 8.11. The molecule has 2 fully saturated rings. The third kappa shape index (κ3) is 4.40. The highest BCUT2D eigenvalue weighted by Crippen LogP contribution is 2.36.